The number of benzene rings is 2. The molecule has 2 aromatic carbocycles. The number of carbonyl (C=O) groups excluding carboxylic acids is 1. The lowest BCUT2D eigenvalue weighted by molar-refractivity contribution is 0.0916. The standard InChI is InChI=1S/C18H21NO2S/c1-2-22-13-14-8-10-16(11-9-14)18(21)19-17(12-20)15-6-4-3-5-7-15/h3-11,17,20H,2,12-13H2,1H3,(H,19,21). The minimum atomic E-state index is -0.385. The Morgan fingerprint density at radius 1 is 1.14 bits per heavy atom. The number of hydrogen-bond donors (Lipinski definition) is 2. The van der Waals surface area contributed by atoms with Crippen molar-refractivity contribution in [3.05, 3.63) is 71.3 Å². The van der Waals surface area contributed by atoms with E-state index in [1.807, 2.05) is 66.4 Å². The van der Waals surface area contributed by atoms with Crippen LogP contribution in [0.1, 0.15) is 34.5 Å². The maximum Gasteiger partial charge on any atom is 0.251 e. The first-order valence-electron chi connectivity index (χ1n) is 7.38. The summed E-state index contributed by atoms with van der Waals surface area (Å²) in [4.78, 5) is 12.3. The average Bonchev–Trinajstić information content (AvgIpc) is 2.58. The van der Waals surface area contributed by atoms with Crippen molar-refractivity contribution in [1.82, 2.24) is 5.32 Å². The molecule has 0 spiro atoms. The Morgan fingerprint density at radius 3 is 2.41 bits per heavy atom. The molecule has 0 heterocycles. The molecule has 0 fully saturated rings. The summed E-state index contributed by atoms with van der Waals surface area (Å²) in [5.41, 5.74) is 2.72. The first-order chi connectivity index (χ1) is 10.7. The molecule has 0 radical (unpaired) electrons. The van der Waals surface area contributed by atoms with Crippen LogP contribution in [-0.2, 0) is 5.75 Å². The molecule has 2 aromatic rings. The highest BCUT2D eigenvalue weighted by Crippen LogP contribution is 2.15. The molecule has 1 unspecified atom stereocenters. The summed E-state index contributed by atoms with van der Waals surface area (Å²) in [7, 11) is 0. The van der Waals surface area contributed by atoms with Gasteiger partial charge in [-0.2, -0.15) is 11.8 Å². The number of aliphatic hydroxyl groups is 1. The lowest BCUT2D eigenvalue weighted by Gasteiger charge is -2.16. The number of aliphatic hydroxyl groups excluding tert-OH is 1. The molecule has 0 aromatic heterocycles. The highest BCUT2D eigenvalue weighted by molar-refractivity contribution is 7.98. The van der Waals surface area contributed by atoms with Crippen LogP contribution in [0, 0.1) is 0 Å². The third-order valence-electron chi connectivity index (χ3n) is 3.38. The Kier molecular flexibility index (Phi) is 6.49. The summed E-state index contributed by atoms with van der Waals surface area (Å²) in [6.45, 7) is 2.01. The Labute approximate surface area is 135 Å². The highest BCUT2D eigenvalue weighted by Gasteiger charge is 2.14. The van der Waals surface area contributed by atoms with Gasteiger partial charge in [-0.05, 0) is 29.0 Å². The highest BCUT2D eigenvalue weighted by atomic mass is 32.2. The molecule has 1 atom stereocenters. The first kappa shape index (κ1) is 16.6. The number of carbonyl (C=O) groups is 1. The van der Waals surface area contributed by atoms with Gasteiger partial charge in [0.25, 0.3) is 5.91 Å². The molecule has 0 bridgehead atoms. The van der Waals surface area contributed by atoms with Gasteiger partial charge in [0, 0.05) is 11.3 Å². The van der Waals surface area contributed by atoms with E-state index < -0.39 is 0 Å². The zero-order chi connectivity index (χ0) is 15.8. The van der Waals surface area contributed by atoms with Gasteiger partial charge in [-0.25, -0.2) is 0 Å². The number of nitrogens with one attached hydrogen (secondary N) is 1. The second-order valence-corrected chi connectivity index (χ2v) is 6.23. The van der Waals surface area contributed by atoms with Crippen LogP contribution in [0.2, 0.25) is 0 Å². The van der Waals surface area contributed by atoms with Crippen LogP contribution in [0.4, 0.5) is 0 Å². The van der Waals surface area contributed by atoms with Crippen molar-refractivity contribution in [3.63, 3.8) is 0 Å². The second kappa shape index (κ2) is 8.61. The van der Waals surface area contributed by atoms with E-state index in [-0.39, 0.29) is 18.6 Å². The number of amides is 1. The van der Waals surface area contributed by atoms with Gasteiger partial charge >= 0.3 is 0 Å². The zero-order valence-corrected chi connectivity index (χ0v) is 13.5. The molecular formula is C18H21NO2S. The summed E-state index contributed by atoms with van der Waals surface area (Å²) in [5, 5.41) is 12.4. The average molecular weight is 315 g/mol. The molecule has 0 saturated heterocycles. The molecule has 4 heteroatoms. The van der Waals surface area contributed by atoms with Crippen LogP contribution in [0.25, 0.3) is 0 Å². The van der Waals surface area contributed by atoms with Gasteiger partial charge in [-0.3, -0.25) is 4.79 Å². The zero-order valence-electron chi connectivity index (χ0n) is 12.7. The van der Waals surface area contributed by atoms with E-state index in [1.165, 1.54) is 5.56 Å². The van der Waals surface area contributed by atoms with Crippen molar-refractivity contribution >= 4 is 17.7 Å². The quantitative estimate of drug-likeness (QED) is 0.823. The predicted molar refractivity (Wildman–Crippen MR) is 92.0 cm³/mol. The van der Waals surface area contributed by atoms with E-state index in [9.17, 15) is 9.90 Å². The van der Waals surface area contributed by atoms with Crippen LogP contribution in [0.15, 0.2) is 54.6 Å². The minimum Gasteiger partial charge on any atom is -0.394 e. The van der Waals surface area contributed by atoms with Crippen molar-refractivity contribution in [2.45, 2.75) is 18.7 Å². The summed E-state index contributed by atoms with van der Waals surface area (Å²) in [6, 6.07) is 16.7. The Bertz CT molecular complexity index is 584. The van der Waals surface area contributed by atoms with Crippen LogP contribution >= 0.6 is 11.8 Å². The van der Waals surface area contributed by atoms with Crippen molar-refractivity contribution in [3.8, 4) is 0 Å². The third kappa shape index (κ3) is 4.61. The van der Waals surface area contributed by atoms with Gasteiger partial charge < -0.3 is 10.4 Å². The topological polar surface area (TPSA) is 49.3 Å². The van der Waals surface area contributed by atoms with E-state index in [0.29, 0.717) is 5.56 Å². The van der Waals surface area contributed by atoms with Crippen LogP contribution in [-0.4, -0.2) is 23.4 Å². The largest absolute Gasteiger partial charge is 0.394 e. The van der Waals surface area contributed by atoms with Gasteiger partial charge in [-0.1, -0.05) is 49.4 Å². The predicted octanol–water partition coefficient (Wildman–Crippen LogP) is 3.40. The molecule has 2 rings (SSSR count). The molecule has 2 N–H and O–H groups in total. The van der Waals surface area contributed by atoms with Crippen molar-refractivity contribution in [1.29, 1.82) is 0 Å². The molecule has 0 aliphatic carbocycles. The van der Waals surface area contributed by atoms with Gasteiger partial charge in [0.15, 0.2) is 0 Å². The molecule has 3 nitrogen and oxygen atoms in total. The van der Waals surface area contributed by atoms with E-state index in [4.69, 9.17) is 0 Å². The number of rotatable bonds is 7. The molecular weight excluding hydrogens is 294 g/mol. The maximum atomic E-state index is 12.3. The van der Waals surface area contributed by atoms with Crippen molar-refractivity contribution < 1.29 is 9.90 Å². The van der Waals surface area contributed by atoms with Crippen molar-refractivity contribution in [2.24, 2.45) is 0 Å². The lowest BCUT2D eigenvalue weighted by Crippen LogP contribution is -2.30. The summed E-state index contributed by atoms with van der Waals surface area (Å²) < 4.78 is 0. The smallest absolute Gasteiger partial charge is 0.251 e. The Balaban J connectivity index is 2.01. The van der Waals surface area contributed by atoms with Gasteiger partial charge in [0.05, 0.1) is 12.6 Å². The van der Waals surface area contributed by atoms with Crippen LogP contribution in [0.5, 0.6) is 0 Å². The van der Waals surface area contributed by atoms with E-state index in [1.54, 1.807) is 0 Å². The van der Waals surface area contributed by atoms with Crippen LogP contribution < -0.4 is 5.32 Å². The normalized spacial score (nSPS) is 11.9. The minimum absolute atomic E-state index is 0.124. The molecule has 116 valence electrons. The molecule has 0 aliphatic rings. The number of thioether (sulfide) groups is 1. The van der Waals surface area contributed by atoms with Gasteiger partial charge in [-0.15, -0.1) is 0 Å². The maximum absolute atomic E-state index is 12.3. The summed E-state index contributed by atoms with van der Waals surface area (Å²) in [5.74, 6) is 1.87. The van der Waals surface area contributed by atoms with E-state index in [2.05, 4.69) is 12.2 Å². The Morgan fingerprint density at radius 2 is 1.82 bits per heavy atom. The van der Waals surface area contributed by atoms with E-state index in [0.717, 1.165) is 17.1 Å². The fraction of sp³-hybridized carbons (Fsp3) is 0.278. The van der Waals surface area contributed by atoms with Gasteiger partial charge in [0.1, 0.15) is 0 Å². The lowest BCUT2D eigenvalue weighted by atomic mass is 10.1. The first-order valence-corrected chi connectivity index (χ1v) is 8.53. The molecule has 1 amide bonds. The summed E-state index contributed by atoms with van der Waals surface area (Å²) in [6.07, 6.45) is 0. The number of hydrogen-bond acceptors (Lipinski definition) is 3. The molecule has 22 heavy (non-hydrogen) atoms. The third-order valence-corrected chi connectivity index (χ3v) is 4.32. The fourth-order valence-corrected chi connectivity index (χ4v) is 2.77. The van der Waals surface area contributed by atoms with Crippen molar-refractivity contribution in [2.75, 3.05) is 12.4 Å². The SMILES string of the molecule is CCSCc1ccc(C(=O)NC(CO)c2ccccc2)cc1. The molecule has 0 aliphatic heterocycles. The Hall–Kier alpha value is -1.78. The summed E-state index contributed by atoms with van der Waals surface area (Å²) >= 11 is 1.85. The monoisotopic (exact) mass is 315 g/mol. The fourth-order valence-electron chi connectivity index (χ4n) is 2.13. The van der Waals surface area contributed by atoms with E-state index >= 15 is 0 Å². The molecule has 0 saturated carbocycles. The van der Waals surface area contributed by atoms with Gasteiger partial charge in [0.2, 0.25) is 0 Å². The second-order valence-electron chi connectivity index (χ2n) is 4.95. The van der Waals surface area contributed by atoms with Crippen LogP contribution in [0.3, 0.4) is 0 Å².